The average molecular weight is 282 g/mol. The van der Waals surface area contributed by atoms with Crippen molar-refractivity contribution in [3.8, 4) is 17.6 Å². The van der Waals surface area contributed by atoms with Gasteiger partial charge in [-0.1, -0.05) is 12.0 Å². The number of nitrogens with zero attached hydrogens (tertiary/aromatic N) is 1. The number of benzene rings is 1. The molecule has 0 bridgehead atoms. The van der Waals surface area contributed by atoms with Gasteiger partial charge in [-0.15, -0.1) is 0 Å². The van der Waals surface area contributed by atoms with Crippen LogP contribution in [0.2, 0.25) is 0 Å². The van der Waals surface area contributed by atoms with Gasteiger partial charge in [0.25, 0.3) is 5.91 Å². The number of phenolic OH excluding ortho intramolecular Hbond substituents is 1. The molecule has 1 heterocycles. The fourth-order valence-corrected chi connectivity index (χ4v) is 1.58. The smallest absolute Gasteiger partial charge is 0.256 e. The Morgan fingerprint density at radius 1 is 1.19 bits per heavy atom. The molecule has 0 saturated carbocycles. The van der Waals surface area contributed by atoms with Gasteiger partial charge in [-0.05, 0) is 42.3 Å². The van der Waals surface area contributed by atoms with E-state index in [-0.39, 0.29) is 18.3 Å². The summed E-state index contributed by atoms with van der Waals surface area (Å²) in [6, 6.07) is 11.1. The molecule has 0 aliphatic heterocycles. The highest BCUT2D eigenvalue weighted by Crippen LogP contribution is 2.12. The van der Waals surface area contributed by atoms with Gasteiger partial charge in [0.15, 0.2) is 0 Å². The number of nitrogens with one attached hydrogen (secondary N) is 1. The first kappa shape index (κ1) is 14.6. The zero-order chi connectivity index (χ0) is 15.1. The molecule has 1 aromatic carbocycles. The van der Waals surface area contributed by atoms with E-state index in [0.717, 1.165) is 0 Å². The number of hydrogen-bond acceptors (Lipinski definition) is 4. The zero-order valence-electron chi connectivity index (χ0n) is 11.2. The molecular formula is C16H14N2O3. The first-order valence-corrected chi connectivity index (χ1v) is 6.36. The molecule has 5 heteroatoms. The van der Waals surface area contributed by atoms with E-state index in [9.17, 15) is 9.90 Å². The quantitative estimate of drug-likeness (QED) is 0.749. The van der Waals surface area contributed by atoms with Crippen LogP contribution < -0.4 is 5.32 Å². The molecule has 2 rings (SSSR count). The normalized spacial score (nSPS) is 9.57. The molecule has 0 fully saturated rings. The summed E-state index contributed by atoms with van der Waals surface area (Å²) in [5.41, 5.74) is 0.943. The average Bonchev–Trinajstić information content (AvgIpc) is 2.48. The third-order valence-corrected chi connectivity index (χ3v) is 2.57. The van der Waals surface area contributed by atoms with E-state index in [0.29, 0.717) is 23.5 Å². The highest BCUT2D eigenvalue weighted by molar-refractivity contribution is 6.03. The van der Waals surface area contributed by atoms with Crippen LogP contribution in [0.3, 0.4) is 0 Å². The number of carbonyl (C=O) groups excluding carboxylic acids is 1. The molecule has 1 amide bonds. The van der Waals surface area contributed by atoms with Gasteiger partial charge in [0.2, 0.25) is 0 Å². The maximum absolute atomic E-state index is 12.0. The SMILES string of the molecule is O=C(Nc1cccc(C#CCCO)n1)c1ccc(O)cc1. The fourth-order valence-electron chi connectivity index (χ4n) is 1.58. The first-order chi connectivity index (χ1) is 10.2. The lowest BCUT2D eigenvalue weighted by Gasteiger charge is -2.04. The summed E-state index contributed by atoms with van der Waals surface area (Å²) in [6.07, 6.45) is 0.381. The van der Waals surface area contributed by atoms with Gasteiger partial charge in [0.1, 0.15) is 17.3 Å². The Kier molecular flexibility index (Phi) is 4.91. The molecule has 5 nitrogen and oxygen atoms in total. The number of aliphatic hydroxyl groups excluding tert-OH is 1. The number of amides is 1. The lowest BCUT2D eigenvalue weighted by molar-refractivity contribution is 0.102. The molecule has 106 valence electrons. The van der Waals surface area contributed by atoms with Gasteiger partial charge in [0.05, 0.1) is 6.61 Å². The van der Waals surface area contributed by atoms with Crippen molar-refractivity contribution in [3.63, 3.8) is 0 Å². The van der Waals surface area contributed by atoms with Crippen LogP contribution in [0.5, 0.6) is 5.75 Å². The van der Waals surface area contributed by atoms with Gasteiger partial charge in [0, 0.05) is 12.0 Å². The fraction of sp³-hybridized carbons (Fsp3) is 0.125. The minimum absolute atomic E-state index is 0.00425. The zero-order valence-corrected chi connectivity index (χ0v) is 11.2. The van der Waals surface area contributed by atoms with E-state index in [4.69, 9.17) is 5.11 Å². The maximum atomic E-state index is 12.0. The number of rotatable bonds is 3. The summed E-state index contributed by atoms with van der Waals surface area (Å²) in [7, 11) is 0. The van der Waals surface area contributed by atoms with Crippen molar-refractivity contribution in [2.24, 2.45) is 0 Å². The van der Waals surface area contributed by atoms with E-state index < -0.39 is 0 Å². The molecule has 0 saturated heterocycles. The van der Waals surface area contributed by atoms with Gasteiger partial charge in [-0.2, -0.15) is 0 Å². The number of aromatic hydroxyl groups is 1. The van der Waals surface area contributed by atoms with Crippen molar-refractivity contribution in [1.82, 2.24) is 4.98 Å². The topological polar surface area (TPSA) is 82.5 Å². The van der Waals surface area contributed by atoms with Crippen molar-refractivity contribution < 1.29 is 15.0 Å². The standard InChI is InChI=1S/C16H14N2O3/c19-11-2-1-4-13-5-3-6-15(17-13)18-16(21)12-7-9-14(20)10-8-12/h3,5-10,19-20H,2,11H2,(H,17,18,21). The second-order valence-corrected chi connectivity index (χ2v) is 4.18. The Balaban J connectivity index is 2.09. The summed E-state index contributed by atoms with van der Waals surface area (Å²) >= 11 is 0. The van der Waals surface area contributed by atoms with Crippen molar-refractivity contribution in [2.75, 3.05) is 11.9 Å². The number of aliphatic hydroxyl groups is 1. The van der Waals surface area contributed by atoms with Crippen LogP contribution in [0.1, 0.15) is 22.5 Å². The van der Waals surface area contributed by atoms with E-state index in [2.05, 4.69) is 22.1 Å². The van der Waals surface area contributed by atoms with Crippen LogP contribution in [-0.2, 0) is 0 Å². The predicted molar refractivity (Wildman–Crippen MR) is 78.9 cm³/mol. The highest BCUT2D eigenvalue weighted by Gasteiger charge is 2.06. The predicted octanol–water partition coefficient (Wildman–Crippen LogP) is 1.77. The van der Waals surface area contributed by atoms with Crippen LogP contribution in [-0.4, -0.2) is 27.7 Å². The number of phenols is 1. The summed E-state index contributed by atoms with van der Waals surface area (Å²) in [4.78, 5) is 16.2. The van der Waals surface area contributed by atoms with Crippen molar-refractivity contribution in [1.29, 1.82) is 0 Å². The molecule has 0 spiro atoms. The molecule has 2 aromatic rings. The Morgan fingerprint density at radius 3 is 2.67 bits per heavy atom. The minimum Gasteiger partial charge on any atom is -0.508 e. The van der Waals surface area contributed by atoms with Gasteiger partial charge < -0.3 is 15.5 Å². The van der Waals surface area contributed by atoms with Crippen LogP contribution in [0.4, 0.5) is 5.82 Å². The maximum Gasteiger partial charge on any atom is 0.256 e. The second kappa shape index (κ2) is 7.08. The summed E-state index contributed by atoms with van der Waals surface area (Å²) in [5, 5.41) is 20.5. The Morgan fingerprint density at radius 2 is 1.95 bits per heavy atom. The molecule has 0 radical (unpaired) electrons. The van der Waals surface area contributed by atoms with Crippen LogP contribution in [0, 0.1) is 11.8 Å². The van der Waals surface area contributed by atoms with Crippen LogP contribution >= 0.6 is 0 Å². The largest absolute Gasteiger partial charge is 0.508 e. The van der Waals surface area contributed by atoms with Crippen LogP contribution in [0.15, 0.2) is 42.5 Å². The number of hydrogen-bond donors (Lipinski definition) is 3. The van der Waals surface area contributed by atoms with Crippen LogP contribution in [0.25, 0.3) is 0 Å². The van der Waals surface area contributed by atoms with Gasteiger partial charge >= 0.3 is 0 Å². The highest BCUT2D eigenvalue weighted by atomic mass is 16.3. The van der Waals surface area contributed by atoms with Crippen molar-refractivity contribution >= 4 is 11.7 Å². The summed E-state index contributed by atoms with van der Waals surface area (Å²) in [6.45, 7) is 0.00425. The van der Waals surface area contributed by atoms with Gasteiger partial charge in [-0.3, -0.25) is 4.79 Å². The summed E-state index contributed by atoms with van der Waals surface area (Å²) < 4.78 is 0. The third-order valence-electron chi connectivity index (χ3n) is 2.57. The van der Waals surface area contributed by atoms with E-state index >= 15 is 0 Å². The molecule has 0 atom stereocenters. The molecule has 0 unspecified atom stereocenters. The number of anilines is 1. The van der Waals surface area contributed by atoms with Gasteiger partial charge in [-0.25, -0.2) is 4.98 Å². The Labute approximate surface area is 122 Å². The monoisotopic (exact) mass is 282 g/mol. The number of pyridine rings is 1. The molecule has 3 N–H and O–H groups in total. The van der Waals surface area contributed by atoms with E-state index in [1.54, 1.807) is 18.2 Å². The first-order valence-electron chi connectivity index (χ1n) is 6.36. The molecule has 0 aliphatic carbocycles. The molecular weight excluding hydrogens is 268 g/mol. The lowest BCUT2D eigenvalue weighted by atomic mass is 10.2. The van der Waals surface area contributed by atoms with Crippen molar-refractivity contribution in [3.05, 3.63) is 53.7 Å². The van der Waals surface area contributed by atoms with E-state index in [1.165, 1.54) is 24.3 Å². The number of carbonyl (C=O) groups is 1. The number of aromatic nitrogens is 1. The minimum atomic E-state index is -0.317. The second-order valence-electron chi connectivity index (χ2n) is 4.18. The third kappa shape index (κ3) is 4.34. The summed E-state index contributed by atoms with van der Waals surface area (Å²) in [5.74, 6) is 5.75. The lowest BCUT2D eigenvalue weighted by Crippen LogP contribution is -2.12. The molecule has 21 heavy (non-hydrogen) atoms. The Hall–Kier alpha value is -2.84. The van der Waals surface area contributed by atoms with Crippen molar-refractivity contribution in [2.45, 2.75) is 6.42 Å². The Bertz CT molecular complexity index is 685. The molecule has 1 aromatic heterocycles. The molecule has 0 aliphatic rings. The van der Waals surface area contributed by atoms with E-state index in [1.807, 2.05) is 0 Å².